The summed E-state index contributed by atoms with van der Waals surface area (Å²) >= 11 is 0. The molecule has 0 N–H and O–H groups in total. The zero-order valence-corrected chi connectivity index (χ0v) is 22.2. The van der Waals surface area contributed by atoms with Crippen molar-refractivity contribution < 1.29 is 64.8 Å². The summed E-state index contributed by atoms with van der Waals surface area (Å²) in [6.07, 6.45) is 0. The van der Waals surface area contributed by atoms with Gasteiger partial charge in [-0.25, -0.2) is 8.39 Å². The molecule has 0 aromatic rings. The zero-order chi connectivity index (χ0) is 9.00. The number of rotatable bonds is 0. The molecule has 0 fully saturated rings. The van der Waals surface area contributed by atoms with Crippen LogP contribution in [0.2, 0.25) is 0 Å². The maximum atomic E-state index is 10.1. The van der Waals surface area contributed by atoms with Crippen molar-refractivity contribution in [3.63, 3.8) is 0 Å². The summed E-state index contributed by atoms with van der Waals surface area (Å²) in [6, 6.07) is 0. The minimum absolute atomic E-state index is 0. The molecule has 0 amide bonds. The molecule has 0 unspecified atom stereocenters. The van der Waals surface area contributed by atoms with Crippen LogP contribution in [0.3, 0.4) is 0 Å². The van der Waals surface area contributed by atoms with Gasteiger partial charge in [0.05, 0.1) is 0 Å². The summed E-state index contributed by atoms with van der Waals surface area (Å²) in [5.41, 5.74) is 0. The first-order valence-electron chi connectivity index (χ1n) is 1.43. The van der Waals surface area contributed by atoms with Crippen LogP contribution in [0.25, 0.3) is 0 Å². The predicted molar refractivity (Wildman–Crippen MR) is 28.9 cm³/mol. The van der Waals surface area contributed by atoms with E-state index in [-0.39, 0.29) is 82.3 Å². The molecule has 0 spiro atoms. The zero-order valence-electron chi connectivity index (χ0n) is 5.96. The van der Waals surface area contributed by atoms with Crippen LogP contribution in [0.1, 0.15) is 0 Å². The monoisotopic (exact) mass is 808 g/mol. The van der Waals surface area contributed by atoms with E-state index in [1.54, 1.807) is 0 Å². The van der Waals surface area contributed by atoms with Crippen molar-refractivity contribution in [3.05, 3.63) is 0 Å². The predicted octanol–water partition coefficient (Wildman–Crippen LogP) is -3.19. The first-order valence-corrected chi connectivity index (χ1v) is 4.30. The van der Waals surface area contributed by atoms with Gasteiger partial charge < -0.3 is 28.7 Å². The summed E-state index contributed by atoms with van der Waals surface area (Å²) < 4.78 is 37.1. The molecule has 0 bridgehead atoms. The summed E-state index contributed by atoms with van der Waals surface area (Å²) in [4.78, 5) is 33.8. The van der Waals surface area contributed by atoms with E-state index in [0.29, 0.717) is 0 Å². The Bertz CT molecular complexity index is 139. The quantitative estimate of drug-likeness (QED) is 0.188. The van der Waals surface area contributed by atoms with Gasteiger partial charge in [-0.3, -0.25) is 0 Å². The average Bonchev–Trinajstić information content (AvgIpc) is 1.12. The minimum atomic E-state index is -5.64. The van der Waals surface area contributed by atoms with Crippen LogP contribution in [0, 0.1) is 0 Å². The fourth-order valence-corrected chi connectivity index (χ4v) is 0. The van der Waals surface area contributed by atoms with E-state index in [4.69, 9.17) is 28.7 Å². The van der Waals surface area contributed by atoms with Crippen molar-refractivity contribution in [1.82, 2.24) is 0 Å². The van der Waals surface area contributed by atoms with Gasteiger partial charge in [-0.05, 0) is 0 Å². The van der Waals surface area contributed by atoms with E-state index in [1.165, 1.54) is 0 Å². The van der Waals surface area contributed by atoms with Gasteiger partial charge in [0.15, 0.2) is 0 Å². The SMILES string of the molecule is O=P([O-])([O-])F.O=P([O-])([O-])F.[Hg+2].[Tl+].[Tl+]. The number of hydrogen-bond donors (Lipinski definition) is 0. The first kappa shape index (κ1) is 29.7. The minimum Gasteiger partial charge on any atom is -0.786 e. The van der Waals surface area contributed by atoms with E-state index in [9.17, 15) is 8.39 Å². The van der Waals surface area contributed by atoms with E-state index in [1.807, 2.05) is 0 Å². The molecule has 0 saturated carbocycles. The molecule has 13 heavy (non-hydrogen) atoms. The third kappa shape index (κ3) is 290. The van der Waals surface area contributed by atoms with Crippen LogP contribution in [-0.2, 0) is 36.8 Å². The Morgan fingerprint density at radius 3 is 0.769 bits per heavy atom. The molecule has 0 saturated heterocycles. The van der Waals surface area contributed by atoms with Crippen molar-refractivity contribution in [3.8, 4) is 0 Å². The molecule has 0 aliphatic rings. The Hall–Kier alpha value is 2.94. The van der Waals surface area contributed by atoms with Gasteiger partial charge in [-0.1, -0.05) is 0 Å². The maximum Gasteiger partial charge on any atom is 2.00 e. The second kappa shape index (κ2) is 13.0. The average molecular weight is 805 g/mol. The standard InChI is InChI=1S/2FH2O3P.Hg.2Tl/c2*1-5(2,3)4;;;/h2*(H2,2,3,4);;;/q;;+2;2*+1/p-4. The molecule has 13 heteroatoms. The number of hydrogen-bond acceptors (Lipinski definition) is 6. The molecule has 6 nitrogen and oxygen atoms in total. The second-order valence-electron chi connectivity index (χ2n) is 0.861. The van der Waals surface area contributed by atoms with Crippen molar-refractivity contribution in [1.29, 1.82) is 0 Å². The van der Waals surface area contributed by atoms with E-state index < -0.39 is 15.8 Å². The summed E-state index contributed by atoms with van der Waals surface area (Å²) in [6.45, 7) is 0. The Labute approximate surface area is 133 Å². The molecule has 0 aromatic heterocycles. The van der Waals surface area contributed by atoms with Gasteiger partial charge >= 0.3 is 82.3 Å². The van der Waals surface area contributed by atoms with Gasteiger partial charge in [-0.2, -0.15) is 0 Å². The van der Waals surface area contributed by atoms with Crippen LogP contribution in [0.5, 0.6) is 0 Å². The molecule has 0 aromatic carbocycles. The molecule has 0 atom stereocenters. The van der Waals surface area contributed by atoms with Gasteiger partial charge in [0.25, 0.3) is 0 Å². The Balaban J connectivity index is -0.0000000267. The topological polar surface area (TPSA) is 126 Å². The van der Waals surface area contributed by atoms with Gasteiger partial charge in [0.2, 0.25) is 0 Å². The molecule has 0 aliphatic heterocycles. The van der Waals surface area contributed by atoms with Gasteiger partial charge in [0.1, 0.15) is 15.8 Å². The van der Waals surface area contributed by atoms with Crippen molar-refractivity contribution in [2.24, 2.45) is 0 Å². The van der Waals surface area contributed by atoms with Crippen molar-refractivity contribution in [2.75, 3.05) is 0 Å². The summed E-state index contributed by atoms with van der Waals surface area (Å²) in [5.74, 6) is 0. The van der Waals surface area contributed by atoms with E-state index in [0.717, 1.165) is 0 Å². The third-order valence-electron chi connectivity index (χ3n) is 0. The van der Waals surface area contributed by atoms with Gasteiger partial charge in [-0.15, -0.1) is 0 Å². The summed E-state index contributed by atoms with van der Waals surface area (Å²) in [7, 11) is -11.3. The van der Waals surface area contributed by atoms with Crippen molar-refractivity contribution >= 4 is 70.4 Å². The second-order valence-corrected chi connectivity index (χ2v) is 2.58. The first-order chi connectivity index (χ1) is 4.00. The third-order valence-corrected chi connectivity index (χ3v) is 0. The number of halogens is 2. The fraction of sp³-hybridized carbons (Fsp3) is 0. The van der Waals surface area contributed by atoms with Gasteiger partial charge in [0, 0.05) is 0 Å². The molecule has 68 valence electrons. The Morgan fingerprint density at radius 1 is 0.769 bits per heavy atom. The maximum absolute atomic E-state index is 10.1. The molecule has 0 rings (SSSR count). The normalized spacial score (nSPS) is 9.08. The van der Waals surface area contributed by atoms with Crippen LogP contribution in [0.4, 0.5) is 8.39 Å². The molecular formula is F2HgO6P2Tl2. The van der Waals surface area contributed by atoms with Crippen LogP contribution in [0.15, 0.2) is 0 Å². The summed E-state index contributed by atoms with van der Waals surface area (Å²) in [5, 5.41) is 0. The molecular weight excluding hydrogens is 805 g/mol. The molecule has 0 aliphatic carbocycles. The van der Waals surface area contributed by atoms with Crippen LogP contribution in [-0.4, -0.2) is 54.6 Å². The Kier molecular flexibility index (Phi) is 29.7. The van der Waals surface area contributed by atoms with Crippen LogP contribution >= 0.6 is 15.8 Å². The Morgan fingerprint density at radius 2 is 0.769 bits per heavy atom. The van der Waals surface area contributed by atoms with E-state index in [2.05, 4.69) is 0 Å². The van der Waals surface area contributed by atoms with Crippen molar-refractivity contribution in [2.45, 2.75) is 0 Å². The smallest absolute Gasteiger partial charge is 0.786 e. The fourth-order valence-electron chi connectivity index (χ4n) is 0. The van der Waals surface area contributed by atoms with Crippen LogP contribution < -0.4 is 19.6 Å². The molecule has 0 radical (unpaired) electrons. The molecule has 0 heterocycles. The van der Waals surface area contributed by atoms with E-state index >= 15 is 0 Å². The largest absolute Gasteiger partial charge is 2.00 e.